The number of Topliss-reactive ketones (excluding diaryl/α,β-unsaturated/α-hetero) is 1. The Morgan fingerprint density at radius 3 is 1.93 bits per heavy atom. The molecule has 1 unspecified atom stereocenters. The van der Waals surface area contributed by atoms with E-state index in [1.54, 1.807) is 42.5 Å². The van der Waals surface area contributed by atoms with Gasteiger partial charge in [0.05, 0.1) is 19.8 Å². The number of carbonyl (C=O) groups is 2. The van der Waals surface area contributed by atoms with E-state index in [0.717, 1.165) is 17.7 Å². The Morgan fingerprint density at radius 1 is 0.738 bits per heavy atom. The first kappa shape index (κ1) is 30.4. The molecule has 0 aliphatic carbocycles. The molecule has 0 saturated carbocycles. The third-order valence-electron chi connectivity index (χ3n) is 7.05. The fraction of sp³-hybridized carbons (Fsp3) is 0.235. The van der Waals surface area contributed by atoms with Crippen LogP contribution in [-0.4, -0.2) is 32.5 Å². The maximum absolute atomic E-state index is 14.3. The summed E-state index contributed by atoms with van der Waals surface area (Å²) >= 11 is 0. The van der Waals surface area contributed by atoms with Gasteiger partial charge >= 0.3 is 6.18 Å². The van der Waals surface area contributed by atoms with Crippen molar-refractivity contribution in [3.8, 4) is 11.5 Å². The molecule has 4 aromatic carbocycles. The molecule has 0 bridgehead atoms. The molecule has 0 radical (unpaired) electrons. The number of hydrogen-bond donors (Lipinski definition) is 0. The lowest BCUT2D eigenvalue weighted by molar-refractivity contribution is -0.137. The minimum Gasteiger partial charge on any atom is -0.493 e. The molecular weight excluding hydrogens is 543 g/mol. The summed E-state index contributed by atoms with van der Waals surface area (Å²) in [5.74, 6) is -0.868. The molecule has 0 aliphatic rings. The average molecular weight is 576 g/mol. The Morgan fingerprint density at radius 2 is 1.33 bits per heavy atom. The second kappa shape index (κ2) is 13.9. The number of aryl methyl sites for hydroxylation is 1. The molecule has 0 saturated heterocycles. The molecule has 0 fully saturated rings. The number of amides is 1. The summed E-state index contributed by atoms with van der Waals surface area (Å²) in [7, 11) is 2.98. The molecule has 1 atom stereocenters. The normalized spacial score (nSPS) is 11.9. The van der Waals surface area contributed by atoms with E-state index in [0.29, 0.717) is 34.7 Å². The van der Waals surface area contributed by atoms with Crippen molar-refractivity contribution in [1.82, 2.24) is 0 Å². The van der Waals surface area contributed by atoms with Crippen LogP contribution in [0.3, 0.4) is 0 Å². The number of ketones is 1. The fourth-order valence-corrected chi connectivity index (χ4v) is 4.78. The summed E-state index contributed by atoms with van der Waals surface area (Å²) in [6.45, 7) is 0.120. The molecule has 4 aromatic rings. The highest BCUT2D eigenvalue weighted by Gasteiger charge is 2.33. The van der Waals surface area contributed by atoms with Gasteiger partial charge < -0.3 is 14.4 Å². The number of carbonyl (C=O) groups excluding carboxylic acids is 2. The van der Waals surface area contributed by atoms with E-state index >= 15 is 0 Å². The number of nitrogens with zero attached hydrogens (tertiary/aromatic N) is 1. The van der Waals surface area contributed by atoms with Crippen LogP contribution in [0.25, 0.3) is 0 Å². The monoisotopic (exact) mass is 575 g/mol. The number of ether oxygens (including phenoxy) is 2. The van der Waals surface area contributed by atoms with E-state index in [1.807, 2.05) is 36.4 Å². The molecule has 4 rings (SSSR count). The SMILES string of the molecule is COc1ccc(N(CCc2ccc(C(F)(F)F)cc2)C(=O)C(C(=O)CCc2ccccc2)c2ccccc2)cc1OC. The summed E-state index contributed by atoms with van der Waals surface area (Å²) in [6, 6.07) is 28.3. The molecule has 8 heteroatoms. The van der Waals surface area contributed by atoms with Gasteiger partial charge in [-0.25, -0.2) is 0 Å². The Hall–Kier alpha value is -4.59. The van der Waals surface area contributed by atoms with E-state index in [2.05, 4.69) is 0 Å². The van der Waals surface area contributed by atoms with Crippen molar-refractivity contribution in [3.63, 3.8) is 0 Å². The Bertz CT molecular complexity index is 1470. The van der Waals surface area contributed by atoms with Crippen LogP contribution < -0.4 is 14.4 Å². The topological polar surface area (TPSA) is 55.8 Å². The van der Waals surface area contributed by atoms with Crippen LogP contribution in [0.5, 0.6) is 11.5 Å². The number of halogens is 3. The number of anilines is 1. The Labute approximate surface area is 243 Å². The third kappa shape index (κ3) is 7.57. The maximum Gasteiger partial charge on any atom is 0.416 e. The highest BCUT2D eigenvalue weighted by Crippen LogP contribution is 2.34. The smallest absolute Gasteiger partial charge is 0.416 e. The van der Waals surface area contributed by atoms with Gasteiger partial charge in [0.2, 0.25) is 5.91 Å². The first-order valence-electron chi connectivity index (χ1n) is 13.5. The van der Waals surface area contributed by atoms with Crippen LogP contribution in [0.15, 0.2) is 103 Å². The van der Waals surface area contributed by atoms with E-state index < -0.39 is 23.6 Å². The summed E-state index contributed by atoms with van der Waals surface area (Å²) < 4.78 is 50.1. The zero-order chi connectivity index (χ0) is 30.1. The van der Waals surface area contributed by atoms with Crippen molar-refractivity contribution >= 4 is 17.4 Å². The van der Waals surface area contributed by atoms with Gasteiger partial charge in [-0.1, -0.05) is 72.8 Å². The molecule has 0 N–H and O–H groups in total. The maximum atomic E-state index is 14.3. The summed E-state index contributed by atoms with van der Waals surface area (Å²) in [6.07, 6.45) is -3.53. The van der Waals surface area contributed by atoms with Gasteiger partial charge in [0.15, 0.2) is 11.5 Å². The van der Waals surface area contributed by atoms with Gasteiger partial charge in [0.1, 0.15) is 11.7 Å². The predicted octanol–water partition coefficient (Wildman–Crippen LogP) is 7.28. The van der Waals surface area contributed by atoms with E-state index in [4.69, 9.17) is 9.47 Å². The van der Waals surface area contributed by atoms with Crippen molar-refractivity contribution in [3.05, 3.63) is 125 Å². The average Bonchev–Trinajstić information content (AvgIpc) is 3.01. The van der Waals surface area contributed by atoms with Crippen molar-refractivity contribution in [2.24, 2.45) is 0 Å². The fourth-order valence-electron chi connectivity index (χ4n) is 4.78. The molecule has 0 aliphatic heterocycles. The van der Waals surface area contributed by atoms with Crippen LogP contribution in [-0.2, 0) is 28.6 Å². The van der Waals surface area contributed by atoms with E-state index in [9.17, 15) is 22.8 Å². The highest BCUT2D eigenvalue weighted by molar-refractivity contribution is 6.13. The number of methoxy groups -OCH3 is 2. The van der Waals surface area contributed by atoms with E-state index in [-0.39, 0.29) is 25.2 Å². The second-order valence-corrected chi connectivity index (χ2v) is 9.77. The molecule has 0 heterocycles. The van der Waals surface area contributed by atoms with Gasteiger partial charge in [0.25, 0.3) is 0 Å². The van der Waals surface area contributed by atoms with Crippen molar-refractivity contribution in [1.29, 1.82) is 0 Å². The van der Waals surface area contributed by atoms with Crippen LogP contribution in [0.1, 0.15) is 34.6 Å². The van der Waals surface area contributed by atoms with Gasteiger partial charge in [-0.2, -0.15) is 13.2 Å². The molecule has 0 aromatic heterocycles. The molecule has 42 heavy (non-hydrogen) atoms. The van der Waals surface area contributed by atoms with Gasteiger partial charge in [-0.15, -0.1) is 0 Å². The Balaban J connectivity index is 1.68. The van der Waals surface area contributed by atoms with E-state index in [1.165, 1.54) is 31.3 Å². The van der Waals surface area contributed by atoms with Crippen molar-refractivity contribution in [2.75, 3.05) is 25.7 Å². The zero-order valence-corrected chi connectivity index (χ0v) is 23.4. The van der Waals surface area contributed by atoms with Crippen molar-refractivity contribution < 1.29 is 32.2 Å². The predicted molar refractivity (Wildman–Crippen MR) is 156 cm³/mol. The van der Waals surface area contributed by atoms with Crippen molar-refractivity contribution in [2.45, 2.75) is 31.4 Å². The molecule has 5 nitrogen and oxygen atoms in total. The quantitative estimate of drug-likeness (QED) is 0.167. The third-order valence-corrected chi connectivity index (χ3v) is 7.05. The molecule has 1 amide bonds. The highest BCUT2D eigenvalue weighted by atomic mass is 19.4. The number of rotatable bonds is 12. The number of hydrogen-bond acceptors (Lipinski definition) is 4. The summed E-state index contributed by atoms with van der Waals surface area (Å²) in [5.41, 5.74) is 1.91. The lowest BCUT2D eigenvalue weighted by Gasteiger charge is -2.28. The van der Waals surface area contributed by atoms with Gasteiger partial charge in [0, 0.05) is 24.7 Å². The summed E-state index contributed by atoms with van der Waals surface area (Å²) in [4.78, 5) is 29.6. The van der Waals surface area contributed by atoms with Crippen LogP contribution in [0.2, 0.25) is 0 Å². The molecule has 218 valence electrons. The second-order valence-electron chi connectivity index (χ2n) is 9.77. The minimum absolute atomic E-state index is 0.120. The number of benzene rings is 4. The van der Waals surface area contributed by atoms with Crippen LogP contribution in [0, 0.1) is 0 Å². The van der Waals surface area contributed by atoms with Crippen LogP contribution >= 0.6 is 0 Å². The first-order valence-corrected chi connectivity index (χ1v) is 13.5. The zero-order valence-electron chi connectivity index (χ0n) is 23.4. The standard InChI is InChI=1S/C34H32F3NO4/c1-41-30-20-18-28(23-31(30)42-2)38(22-21-25-13-16-27(17-14-25)34(35,36)37)33(40)32(26-11-7-4-8-12-26)29(39)19-15-24-9-5-3-6-10-24/h3-14,16-18,20,23,32H,15,19,21-22H2,1-2H3. The van der Waals surface area contributed by atoms with Gasteiger partial charge in [-0.05, 0) is 53.8 Å². The first-order chi connectivity index (χ1) is 20.2. The minimum atomic E-state index is -4.44. The number of alkyl halides is 3. The Kier molecular flexibility index (Phi) is 10.0. The molecule has 0 spiro atoms. The lowest BCUT2D eigenvalue weighted by Crippen LogP contribution is -2.39. The van der Waals surface area contributed by atoms with Crippen LogP contribution in [0.4, 0.5) is 18.9 Å². The summed E-state index contributed by atoms with van der Waals surface area (Å²) in [5, 5.41) is 0. The molecular formula is C34H32F3NO4. The lowest BCUT2D eigenvalue weighted by atomic mass is 9.89. The largest absolute Gasteiger partial charge is 0.493 e. The van der Waals surface area contributed by atoms with Gasteiger partial charge in [-0.3, -0.25) is 9.59 Å².